The summed E-state index contributed by atoms with van der Waals surface area (Å²) in [5.74, 6) is 1.97. The number of hydrogen-bond donors (Lipinski definition) is 0. The van der Waals surface area contributed by atoms with Gasteiger partial charge in [0.05, 0.1) is 13.2 Å². The molecule has 0 spiro atoms. The molecular weight excluding hydrogens is 472 g/mol. The van der Waals surface area contributed by atoms with Crippen molar-refractivity contribution < 1.29 is 18.9 Å². The first kappa shape index (κ1) is 26.8. The van der Waals surface area contributed by atoms with E-state index in [1.165, 1.54) is 44.5 Å². The SMILES string of the molecule is Cc1cc(C(C)(C)c2ccc(C(C)(C)c3cc(C)c(OCC4CO4)c(C)c3)cc2)cc(C)c1OCC1CO1. The Labute approximate surface area is 228 Å². The van der Waals surface area contributed by atoms with Crippen LogP contribution in [0.1, 0.15) is 72.2 Å². The molecule has 0 aromatic heterocycles. The first-order chi connectivity index (χ1) is 18.0. The first-order valence-electron chi connectivity index (χ1n) is 13.8. The predicted octanol–water partition coefficient (Wildman–Crippen LogP) is 7.13. The fourth-order valence-electron chi connectivity index (χ4n) is 5.40. The van der Waals surface area contributed by atoms with Crippen LogP contribution in [0.3, 0.4) is 0 Å². The molecule has 0 aliphatic carbocycles. The highest BCUT2D eigenvalue weighted by Crippen LogP contribution is 2.39. The maximum atomic E-state index is 6.07. The molecular formula is C34H42O4. The Morgan fingerprint density at radius 3 is 1.13 bits per heavy atom. The molecule has 0 N–H and O–H groups in total. The molecule has 202 valence electrons. The minimum absolute atomic E-state index is 0.131. The summed E-state index contributed by atoms with van der Waals surface area (Å²) in [6.07, 6.45) is 0.517. The van der Waals surface area contributed by atoms with Crippen molar-refractivity contribution >= 4 is 0 Å². The number of epoxide rings is 2. The monoisotopic (exact) mass is 514 g/mol. The van der Waals surface area contributed by atoms with Crippen LogP contribution in [0.5, 0.6) is 11.5 Å². The van der Waals surface area contributed by atoms with Gasteiger partial charge in [0.25, 0.3) is 0 Å². The highest BCUT2D eigenvalue weighted by molar-refractivity contribution is 5.51. The second-order valence-corrected chi connectivity index (χ2v) is 12.2. The van der Waals surface area contributed by atoms with Gasteiger partial charge in [-0.15, -0.1) is 0 Å². The topological polar surface area (TPSA) is 43.5 Å². The highest BCUT2D eigenvalue weighted by atomic mass is 16.6. The Morgan fingerprint density at radius 1 is 0.579 bits per heavy atom. The van der Waals surface area contributed by atoms with Gasteiger partial charge in [0.2, 0.25) is 0 Å². The molecule has 2 atom stereocenters. The molecule has 38 heavy (non-hydrogen) atoms. The van der Waals surface area contributed by atoms with Crippen molar-refractivity contribution in [3.63, 3.8) is 0 Å². The lowest BCUT2D eigenvalue weighted by molar-refractivity contribution is 0.260. The molecule has 0 bridgehead atoms. The fourth-order valence-corrected chi connectivity index (χ4v) is 5.40. The van der Waals surface area contributed by atoms with E-state index in [2.05, 4.69) is 104 Å². The highest BCUT2D eigenvalue weighted by Gasteiger charge is 2.29. The Hall–Kier alpha value is -2.82. The summed E-state index contributed by atoms with van der Waals surface area (Å²) in [5, 5.41) is 0. The summed E-state index contributed by atoms with van der Waals surface area (Å²) in [7, 11) is 0. The van der Waals surface area contributed by atoms with Gasteiger partial charge in [0.1, 0.15) is 36.9 Å². The molecule has 2 saturated heterocycles. The van der Waals surface area contributed by atoms with Crippen molar-refractivity contribution in [1.82, 2.24) is 0 Å². The van der Waals surface area contributed by atoms with E-state index in [0.29, 0.717) is 13.2 Å². The van der Waals surface area contributed by atoms with Crippen molar-refractivity contribution in [3.05, 3.63) is 93.0 Å². The van der Waals surface area contributed by atoms with E-state index < -0.39 is 0 Å². The van der Waals surface area contributed by atoms with E-state index in [1.807, 2.05) is 0 Å². The lowest BCUT2D eigenvalue weighted by atomic mass is 9.74. The van der Waals surface area contributed by atoms with E-state index in [1.54, 1.807) is 0 Å². The number of aryl methyl sites for hydroxylation is 4. The fraction of sp³-hybridized carbons (Fsp3) is 0.471. The first-order valence-corrected chi connectivity index (χ1v) is 13.8. The third-order valence-corrected chi connectivity index (χ3v) is 8.32. The largest absolute Gasteiger partial charge is 0.490 e. The summed E-state index contributed by atoms with van der Waals surface area (Å²) >= 11 is 0. The van der Waals surface area contributed by atoms with Crippen LogP contribution in [-0.2, 0) is 20.3 Å². The molecule has 3 aromatic carbocycles. The molecule has 0 radical (unpaired) electrons. The van der Waals surface area contributed by atoms with Crippen molar-refractivity contribution in [2.45, 2.75) is 78.4 Å². The van der Waals surface area contributed by atoms with Crippen molar-refractivity contribution in [1.29, 1.82) is 0 Å². The molecule has 4 nitrogen and oxygen atoms in total. The average Bonchev–Trinajstić information content (AvgIpc) is 3.78. The molecule has 5 rings (SSSR count). The Kier molecular flexibility index (Phi) is 7.08. The molecule has 2 heterocycles. The van der Waals surface area contributed by atoms with Gasteiger partial charge in [-0.25, -0.2) is 0 Å². The minimum Gasteiger partial charge on any atom is -0.490 e. The van der Waals surface area contributed by atoms with Crippen molar-refractivity contribution in [3.8, 4) is 11.5 Å². The quantitative estimate of drug-likeness (QED) is 0.270. The third-order valence-electron chi connectivity index (χ3n) is 8.32. The van der Waals surface area contributed by atoms with Crippen LogP contribution in [-0.4, -0.2) is 38.6 Å². The number of hydrogen-bond acceptors (Lipinski definition) is 4. The van der Waals surface area contributed by atoms with Crippen molar-refractivity contribution in [2.75, 3.05) is 26.4 Å². The van der Waals surface area contributed by atoms with Gasteiger partial charge < -0.3 is 18.9 Å². The Balaban J connectivity index is 1.36. The lowest BCUT2D eigenvalue weighted by Crippen LogP contribution is -2.22. The molecule has 0 amide bonds. The summed E-state index contributed by atoms with van der Waals surface area (Å²) in [6, 6.07) is 18.3. The van der Waals surface area contributed by atoms with Gasteiger partial charge in [-0.3, -0.25) is 0 Å². The molecule has 2 aliphatic rings. The summed E-state index contributed by atoms with van der Waals surface area (Å²) in [5.41, 5.74) is 9.64. The van der Waals surface area contributed by atoms with Crippen molar-refractivity contribution in [2.24, 2.45) is 0 Å². The summed E-state index contributed by atoms with van der Waals surface area (Å²) in [6.45, 7) is 20.7. The van der Waals surface area contributed by atoms with Gasteiger partial charge in [0.15, 0.2) is 0 Å². The molecule has 2 aliphatic heterocycles. The van der Waals surface area contributed by atoms with Crippen LogP contribution in [0.25, 0.3) is 0 Å². The van der Waals surface area contributed by atoms with E-state index >= 15 is 0 Å². The molecule has 2 unspecified atom stereocenters. The maximum Gasteiger partial charge on any atom is 0.125 e. The second-order valence-electron chi connectivity index (χ2n) is 12.2. The van der Waals surface area contributed by atoms with E-state index in [4.69, 9.17) is 18.9 Å². The Bertz CT molecular complexity index is 1160. The molecule has 2 fully saturated rings. The van der Waals surface area contributed by atoms with Gasteiger partial charge in [-0.1, -0.05) is 76.2 Å². The van der Waals surface area contributed by atoms with E-state index in [9.17, 15) is 0 Å². The van der Waals surface area contributed by atoms with E-state index in [-0.39, 0.29) is 23.0 Å². The zero-order chi connectivity index (χ0) is 27.2. The predicted molar refractivity (Wildman–Crippen MR) is 153 cm³/mol. The minimum atomic E-state index is -0.131. The zero-order valence-corrected chi connectivity index (χ0v) is 24.2. The molecule has 0 saturated carbocycles. The summed E-state index contributed by atoms with van der Waals surface area (Å²) in [4.78, 5) is 0. The van der Waals surface area contributed by atoms with Crippen LogP contribution in [0, 0.1) is 27.7 Å². The van der Waals surface area contributed by atoms with Crippen LogP contribution >= 0.6 is 0 Å². The smallest absolute Gasteiger partial charge is 0.125 e. The maximum absolute atomic E-state index is 6.07. The second kappa shape index (κ2) is 10.1. The van der Waals surface area contributed by atoms with Crippen LogP contribution in [0.2, 0.25) is 0 Å². The van der Waals surface area contributed by atoms with E-state index in [0.717, 1.165) is 24.7 Å². The van der Waals surface area contributed by atoms with Gasteiger partial charge in [0, 0.05) is 10.8 Å². The van der Waals surface area contributed by atoms with Gasteiger partial charge in [-0.05, 0) is 72.2 Å². The summed E-state index contributed by atoms with van der Waals surface area (Å²) < 4.78 is 22.8. The Morgan fingerprint density at radius 2 is 0.868 bits per heavy atom. The van der Waals surface area contributed by atoms with Crippen LogP contribution in [0.15, 0.2) is 48.5 Å². The number of ether oxygens (including phenoxy) is 4. The average molecular weight is 515 g/mol. The molecule has 3 aromatic rings. The normalized spacial score (nSPS) is 18.8. The standard InChI is InChI=1S/C34H42O4/c1-21-13-27(14-22(2)31(21)37-19-29-17-35-29)33(5,6)25-9-11-26(12-10-25)34(7,8)28-15-23(3)32(24(4)16-28)38-20-30-18-36-30/h9-16,29-30H,17-20H2,1-8H3. The number of benzene rings is 3. The number of rotatable bonds is 10. The lowest BCUT2D eigenvalue weighted by Gasteiger charge is -2.31. The molecule has 4 heteroatoms. The van der Waals surface area contributed by atoms with Crippen LogP contribution < -0.4 is 9.47 Å². The third kappa shape index (κ3) is 5.48. The zero-order valence-electron chi connectivity index (χ0n) is 24.2. The van der Waals surface area contributed by atoms with Gasteiger partial charge >= 0.3 is 0 Å². The van der Waals surface area contributed by atoms with Gasteiger partial charge in [-0.2, -0.15) is 0 Å². The van der Waals surface area contributed by atoms with Crippen LogP contribution in [0.4, 0.5) is 0 Å².